The van der Waals surface area contributed by atoms with Crippen LogP contribution in [0.4, 0.5) is 14.7 Å². The van der Waals surface area contributed by atoms with Crippen molar-refractivity contribution in [3.8, 4) is 0 Å². The number of nitrogens with zero attached hydrogens (tertiary/aromatic N) is 3. The maximum absolute atomic E-state index is 12.8. The highest BCUT2D eigenvalue weighted by molar-refractivity contribution is 7.14. The number of nitrogens with one attached hydrogen (secondary N) is 1. The van der Waals surface area contributed by atoms with Crippen molar-refractivity contribution in [3.05, 3.63) is 45.6 Å². The maximum Gasteiger partial charge on any atom is 0.272 e. The minimum atomic E-state index is -2.58. The van der Waals surface area contributed by atoms with Crippen molar-refractivity contribution in [2.75, 3.05) is 18.4 Å². The highest BCUT2D eigenvalue weighted by atomic mass is 32.1. The number of aromatic nitrogens is 2. The lowest BCUT2D eigenvalue weighted by molar-refractivity contribution is -0.0704. The standard InChI is InChI=1S/C21H24F2N4O2S/c1-12-9-27(10-13(2)29-12)11-14-4-5-16-15(8-14)24-21(26(16)3)25-20(28)18-7-6-17(30-18)19(22)23/h4-8,12-13,19H,9-11H2,1-3H3,(H,24,25,28). The summed E-state index contributed by atoms with van der Waals surface area (Å²) >= 11 is 0.788. The molecule has 1 aromatic carbocycles. The number of carbonyl (C=O) groups excluding carboxylic acids is 1. The number of alkyl halides is 2. The van der Waals surface area contributed by atoms with Gasteiger partial charge in [0.15, 0.2) is 0 Å². The van der Waals surface area contributed by atoms with E-state index in [0.717, 1.165) is 47.6 Å². The van der Waals surface area contributed by atoms with E-state index in [1.165, 1.54) is 12.1 Å². The average molecular weight is 435 g/mol. The molecule has 0 radical (unpaired) electrons. The minimum Gasteiger partial charge on any atom is -0.373 e. The molecule has 2 atom stereocenters. The zero-order valence-electron chi connectivity index (χ0n) is 17.1. The summed E-state index contributed by atoms with van der Waals surface area (Å²) in [7, 11) is 1.81. The van der Waals surface area contributed by atoms with E-state index in [2.05, 4.69) is 35.1 Å². The molecule has 1 aliphatic rings. The third-order valence-electron chi connectivity index (χ3n) is 5.14. The van der Waals surface area contributed by atoms with Gasteiger partial charge in [0.05, 0.1) is 33.0 Å². The Morgan fingerprint density at radius 1 is 1.27 bits per heavy atom. The first kappa shape index (κ1) is 20.9. The smallest absolute Gasteiger partial charge is 0.272 e. The first-order valence-electron chi connectivity index (χ1n) is 9.82. The molecule has 0 bridgehead atoms. The number of halogens is 2. The summed E-state index contributed by atoms with van der Waals surface area (Å²) < 4.78 is 33.1. The van der Waals surface area contributed by atoms with Crippen molar-refractivity contribution >= 4 is 34.2 Å². The Bertz CT molecular complexity index is 1050. The Morgan fingerprint density at radius 3 is 2.67 bits per heavy atom. The fourth-order valence-electron chi connectivity index (χ4n) is 3.88. The van der Waals surface area contributed by atoms with E-state index < -0.39 is 12.3 Å². The molecule has 2 aromatic heterocycles. The highest BCUT2D eigenvalue weighted by Crippen LogP contribution is 2.28. The van der Waals surface area contributed by atoms with Crippen LogP contribution in [-0.4, -0.2) is 45.7 Å². The summed E-state index contributed by atoms with van der Waals surface area (Å²) in [6.45, 7) is 6.73. The lowest BCUT2D eigenvalue weighted by Crippen LogP contribution is -2.44. The Balaban J connectivity index is 1.51. The molecular weight excluding hydrogens is 410 g/mol. The van der Waals surface area contributed by atoms with Gasteiger partial charge >= 0.3 is 0 Å². The number of hydrogen-bond donors (Lipinski definition) is 1. The summed E-state index contributed by atoms with van der Waals surface area (Å²) in [5, 5.41) is 2.73. The van der Waals surface area contributed by atoms with E-state index in [-0.39, 0.29) is 22.0 Å². The average Bonchev–Trinajstić information content (AvgIpc) is 3.27. The van der Waals surface area contributed by atoms with E-state index in [1.54, 1.807) is 4.57 Å². The zero-order chi connectivity index (χ0) is 21.4. The van der Waals surface area contributed by atoms with Crippen LogP contribution in [0.15, 0.2) is 30.3 Å². The van der Waals surface area contributed by atoms with Gasteiger partial charge in [0, 0.05) is 26.7 Å². The second-order valence-electron chi connectivity index (χ2n) is 7.73. The van der Waals surface area contributed by atoms with Crippen LogP contribution >= 0.6 is 11.3 Å². The normalized spacial score (nSPS) is 20.2. The van der Waals surface area contributed by atoms with E-state index in [1.807, 2.05) is 19.2 Å². The molecule has 0 aliphatic carbocycles. The van der Waals surface area contributed by atoms with Gasteiger partial charge < -0.3 is 9.30 Å². The number of morpholine rings is 1. The molecule has 0 spiro atoms. The molecule has 1 fully saturated rings. The predicted molar refractivity (Wildman–Crippen MR) is 113 cm³/mol. The Morgan fingerprint density at radius 2 is 2.00 bits per heavy atom. The van der Waals surface area contributed by atoms with Crippen LogP contribution in [0.25, 0.3) is 11.0 Å². The van der Waals surface area contributed by atoms with E-state index in [9.17, 15) is 13.6 Å². The van der Waals surface area contributed by atoms with Gasteiger partial charge in [0.2, 0.25) is 5.95 Å². The van der Waals surface area contributed by atoms with Gasteiger partial charge in [0.1, 0.15) is 0 Å². The van der Waals surface area contributed by atoms with Crippen LogP contribution < -0.4 is 5.32 Å². The summed E-state index contributed by atoms with van der Waals surface area (Å²) in [4.78, 5) is 19.5. The van der Waals surface area contributed by atoms with Crippen molar-refractivity contribution in [1.82, 2.24) is 14.5 Å². The molecule has 0 saturated carbocycles. The van der Waals surface area contributed by atoms with Crippen LogP contribution in [0, 0.1) is 0 Å². The second-order valence-corrected chi connectivity index (χ2v) is 8.84. The summed E-state index contributed by atoms with van der Waals surface area (Å²) in [6, 6.07) is 8.76. The van der Waals surface area contributed by atoms with Crippen LogP contribution in [0.1, 0.15) is 40.4 Å². The summed E-state index contributed by atoms with van der Waals surface area (Å²) in [5.41, 5.74) is 2.80. The van der Waals surface area contributed by atoms with Gasteiger partial charge in [-0.2, -0.15) is 0 Å². The molecule has 1 N–H and O–H groups in total. The van der Waals surface area contributed by atoms with E-state index in [4.69, 9.17) is 4.74 Å². The molecule has 30 heavy (non-hydrogen) atoms. The van der Waals surface area contributed by atoms with Crippen molar-refractivity contribution in [1.29, 1.82) is 0 Å². The Labute approximate surface area is 177 Å². The zero-order valence-corrected chi connectivity index (χ0v) is 17.9. The van der Waals surface area contributed by atoms with Crippen molar-refractivity contribution in [3.63, 3.8) is 0 Å². The molecule has 3 aromatic rings. The fraction of sp³-hybridized carbons (Fsp3) is 0.429. The predicted octanol–water partition coefficient (Wildman–Crippen LogP) is 4.43. The van der Waals surface area contributed by atoms with Crippen molar-refractivity contribution in [2.45, 2.75) is 39.0 Å². The molecule has 3 heterocycles. The number of fused-ring (bicyclic) bond motifs is 1. The molecule has 6 nitrogen and oxygen atoms in total. The summed E-state index contributed by atoms with van der Waals surface area (Å²) in [5.74, 6) is -0.0606. The molecule has 4 rings (SSSR count). The Kier molecular flexibility index (Phi) is 5.86. The quantitative estimate of drug-likeness (QED) is 0.645. The number of ether oxygens (including phenoxy) is 1. The van der Waals surface area contributed by atoms with Gasteiger partial charge in [-0.1, -0.05) is 6.07 Å². The number of carbonyl (C=O) groups is 1. The molecule has 160 valence electrons. The molecular formula is C21H24F2N4O2S. The molecule has 1 amide bonds. The number of benzene rings is 1. The SMILES string of the molecule is CC1CN(Cc2ccc3c(c2)nc(NC(=O)c2ccc(C(F)F)s2)n3C)CC(C)O1. The third-order valence-corrected chi connectivity index (χ3v) is 6.23. The number of rotatable bonds is 5. The van der Waals surface area contributed by atoms with Crippen LogP contribution in [0.3, 0.4) is 0 Å². The first-order valence-corrected chi connectivity index (χ1v) is 10.6. The monoisotopic (exact) mass is 434 g/mol. The molecule has 2 unspecified atom stereocenters. The summed E-state index contributed by atoms with van der Waals surface area (Å²) in [6.07, 6.45) is -2.17. The van der Waals surface area contributed by atoms with Crippen LogP contribution in [0.5, 0.6) is 0 Å². The molecule has 9 heteroatoms. The van der Waals surface area contributed by atoms with E-state index >= 15 is 0 Å². The maximum atomic E-state index is 12.8. The molecule has 1 saturated heterocycles. The van der Waals surface area contributed by atoms with Gasteiger partial charge in [-0.25, -0.2) is 13.8 Å². The van der Waals surface area contributed by atoms with Crippen molar-refractivity contribution in [2.24, 2.45) is 7.05 Å². The third kappa shape index (κ3) is 4.38. The van der Waals surface area contributed by atoms with Gasteiger partial charge in [0.25, 0.3) is 12.3 Å². The van der Waals surface area contributed by atoms with E-state index in [0.29, 0.717) is 5.95 Å². The minimum absolute atomic E-state index is 0.124. The molecule has 1 aliphatic heterocycles. The van der Waals surface area contributed by atoms with Gasteiger partial charge in [-0.15, -0.1) is 11.3 Å². The lowest BCUT2D eigenvalue weighted by Gasteiger charge is -2.35. The number of anilines is 1. The number of amides is 1. The van der Waals surface area contributed by atoms with Crippen molar-refractivity contribution < 1.29 is 18.3 Å². The Hall–Kier alpha value is -2.36. The highest BCUT2D eigenvalue weighted by Gasteiger charge is 2.22. The lowest BCUT2D eigenvalue weighted by atomic mass is 10.1. The van der Waals surface area contributed by atoms with Crippen LogP contribution in [0.2, 0.25) is 0 Å². The number of imidazole rings is 1. The van der Waals surface area contributed by atoms with Gasteiger partial charge in [-0.3, -0.25) is 15.0 Å². The fourth-order valence-corrected chi connectivity index (χ4v) is 4.64. The largest absolute Gasteiger partial charge is 0.373 e. The number of thiophene rings is 1. The van der Waals surface area contributed by atoms with Gasteiger partial charge in [-0.05, 0) is 43.7 Å². The first-order chi connectivity index (χ1) is 14.3. The second kappa shape index (κ2) is 8.41. The van der Waals surface area contributed by atoms with Crippen LogP contribution in [-0.2, 0) is 18.3 Å². The topological polar surface area (TPSA) is 59.4 Å². The number of aryl methyl sites for hydroxylation is 1. The number of hydrogen-bond acceptors (Lipinski definition) is 5.